The Kier molecular flexibility index (Phi) is 4.77. The van der Waals surface area contributed by atoms with Crippen molar-refractivity contribution < 1.29 is 13.2 Å². The van der Waals surface area contributed by atoms with Gasteiger partial charge in [0.15, 0.2) is 11.1 Å². The molecule has 0 amide bonds. The molecule has 1 saturated carbocycles. The van der Waals surface area contributed by atoms with Gasteiger partial charge in [0.25, 0.3) is 0 Å². The summed E-state index contributed by atoms with van der Waals surface area (Å²) in [7, 11) is 0. The van der Waals surface area contributed by atoms with Crippen LogP contribution in [0.5, 0.6) is 0 Å². The van der Waals surface area contributed by atoms with E-state index in [0.29, 0.717) is 12.8 Å². The van der Waals surface area contributed by atoms with Gasteiger partial charge in [-0.25, -0.2) is 8.60 Å². The van der Waals surface area contributed by atoms with Crippen molar-refractivity contribution in [3.63, 3.8) is 0 Å². The zero-order valence-corrected chi connectivity index (χ0v) is 16.5. The predicted molar refractivity (Wildman–Crippen MR) is 111 cm³/mol. The highest BCUT2D eigenvalue weighted by atomic mass is 32.2. The normalized spacial score (nSPS) is 15.9. The number of aromatic nitrogens is 1. The highest BCUT2D eigenvalue weighted by Gasteiger charge is 2.50. The number of pyridine rings is 1. The lowest BCUT2D eigenvalue weighted by atomic mass is 9.98. The van der Waals surface area contributed by atoms with Crippen molar-refractivity contribution >= 4 is 22.5 Å². The molecule has 6 heteroatoms. The Hall–Kier alpha value is -2.57. The van der Waals surface area contributed by atoms with Gasteiger partial charge in [-0.05, 0) is 86.3 Å². The molecule has 0 radical (unpaired) electrons. The summed E-state index contributed by atoms with van der Waals surface area (Å²) >= 11 is -1.91. The summed E-state index contributed by atoms with van der Waals surface area (Å²) in [6.45, 7) is 3.89. The van der Waals surface area contributed by atoms with E-state index in [1.54, 1.807) is 12.1 Å². The maximum atomic E-state index is 13.2. The number of aryl methyl sites for hydroxylation is 2. The number of hydrogen-bond donors (Lipinski definition) is 2. The molecular formula is C22H21FN2O2S. The molecule has 0 bridgehead atoms. The second-order valence-electron chi connectivity index (χ2n) is 7.27. The van der Waals surface area contributed by atoms with Crippen molar-refractivity contribution in [2.24, 2.45) is 0 Å². The van der Waals surface area contributed by atoms with Crippen molar-refractivity contribution in [1.82, 2.24) is 4.98 Å². The molecule has 1 aliphatic rings. The van der Waals surface area contributed by atoms with Gasteiger partial charge in [0.2, 0.25) is 0 Å². The zero-order valence-electron chi connectivity index (χ0n) is 15.7. The molecule has 2 aromatic carbocycles. The second kappa shape index (κ2) is 7.11. The van der Waals surface area contributed by atoms with Crippen LogP contribution in [0.15, 0.2) is 54.6 Å². The molecule has 4 nitrogen and oxygen atoms in total. The highest BCUT2D eigenvalue weighted by Crippen LogP contribution is 2.51. The molecule has 1 atom stereocenters. The average molecular weight is 396 g/mol. The molecule has 0 saturated heterocycles. The van der Waals surface area contributed by atoms with Crippen LogP contribution in [0.4, 0.5) is 15.8 Å². The van der Waals surface area contributed by atoms with E-state index in [2.05, 4.69) is 10.3 Å². The van der Waals surface area contributed by atoms with Gasteiger partial charge in [-0.1, -0.05) is 6.07 Å². The first-order valence-corrected chi connectivity index (χ1v) is 10.2. The Bertz CT molecular complexity index is 1040. The molecule has 0 spiro atoms. The topological polar surface area (TPSA) is 62.2 Å². The minimum Gasteiger partial charge on any atom is -0.355 e. The van der Waals surface area contributed by atoms with Crippen LogP contribution in [0.2, 0.25) is 0 Å². The molecule has 1 heterocycles. The lowest BCUT2D eigenvalue weighted by molar-refractivity contribution is 0.547. The first-order valence-electron chi connectivity index (χ1n) is 9.11. The minimum absolute atomic E-state index is 0.289. The van der Waals surface area contributed by atoms with E-state index in [1.165, 1.54) is 12.1 Å². The summed E-state index contributed by atoms with van der Waals surface area (Å²) in [5, 5.41) is 3.34. The monoisotopic (exact) mass is 396 g/mol. The Labute approximate surface area is 166 Å². The summed E-state index contributed by atoms with van der Waals surface area (Å²) in [4.78, 5) is 4.44. The second-order valence-corrected chi connectivity index (χ2v) is 8.55. The number of rotatable bonds is 5. The van der Waals surface area contributed by atoms with E-state index < -0.39 is 15.8 Å². The summed E-state index contributed by atoms with van der Waals surface area (Å²) < 4.78 is 34.3. The van der Waals surface area contributed by atoms with Crippen molar-refractivity contribution in [3.8, 4) is 11.1 Å². The number of nitrogens with zero attached hydrogens (tertiary/aromatic N) is 1. The van der Waals surface area contributed by atoms with E-state index in [9.17, 15) is 13.2 Å². The Balaban J connectivity index is 1.83. The van der Waals surface area contributed by atoms with Gasteiger partial charge in [0, 0.05) is 28.3 Å². The Morgan fingerprint density at radius 3 is 2.25 bits per heavy atom. The first-order chi connectivity index (χ1) is 13.4. The van der Waals surface area contributed by atoms with Crippen LogP contribution in [-0.4, -0.2) is 13.7 Å². The van der Waals surface area contributed by atoms with Gasteiger partial charge in [-0.15, -0.1) is 0 Å². The molecule has 144 valence electrons. The largest absolute Gasteiger partial charge is 0.355 e. The van der Waals surface area contributed by atoms with Crippen molar-refractivity contribution in [2.45, 2.75) is 31.4 Å². The third-order valence-electron chi connectivity index (χ3n) is 5.10. The molecule has 1 unspecified atom stereocenters. The first kappa shape index (κ1) is 18.8. The van der Waals surface area contributed by atoms with Crippen LogP contribution in [0.3, 0.4) is 0 Å². The SMILES string of the molecule is Cc1cc(-c2cc(C3(S(=O)O)CC3)ccc2Nc2ccc(F)cc2)cc(C)n1. The number of hydrogen-bond acceptors (Lipinski definition) is 3. The standard InChI is InChI=1S/C22H21FN2O2S/c1-14-11-16(12-15(2)24-14)20-13-17(22(9-10-22)28(26)27)3-8-21(20)25-19-6-4-18(23)5-7-19/h3-8,11-13,25H,9-10H2,1-2H3,(H,26,27). The number of halogens is 1. The fraction of sp³-hybridized carbons (Fsp3) is 0.227. The predicted octanol–water partition coefficient (Wildman–Crippen LogP) is 5.46. The maximum Gasteiger partial charge on any atom is 0.163 e. The number of nitrogens with one attached hydrogen (secondary N) is 1. The zero-order chi connectivity index (χ0) is 19.9. The summed E-state index contributed by atoms with van der Waals surface area (Å²) in [5.41, 5.74) is 6.19. The Morgan fingerprint density at radius 2 is 1.68 bits per heavy atom. The summed E-state index contributed by atoms with van der Waals surface area (Å²) in [5.74, 6) is -0.289. The van der Waals surface area contributed by atoms with E-state index in [-0.39, 0.29) is 5.82 Å². The van der Waals surface area contributed by atoms with Crippen molar-refractivity contribution in [1.29, 1.82) is 0 Å². The number of anilines is 2. The summed E-state index contributed by atoms with van der Waals surface area (Å²) in [6, 6.07) is 16.0. The van der Waals surface area contributed by atoms with Crippen LogP contribution in [0.25, 0.3) is 11.1 Å². The van der Waals surface area contributed by atoms with Gasteiger partial charge >= 0.3 is 0 Å². The number of benzene rings is 2. The molecule has 4 rings (SSSR count). The fourth-order valence-corrected chi connectivity index (χ4v) is 4.31. The van der Waals surface area contributed by atoms with Crippen LogP contribution >= 0.6 is 0 Å². The average Bonchev–Trinajstić information content (AvgIpc) is 3.45. The summed E-state index contributed by atoms with van der Waals surface area (Å²) in [6.07, 6.45) is 1.41. The Morgan fingerprint density at radius 1 is 1.04 bits per heavy atom. The van der Waals surface area contributed by atoms with E-state index in [0.717, 1.165) is 39.5 Å². The van der Waals surface area contributed by atoms with Crippen LogP contribution in [0, 0.1) is 19.7 Å². The van der Waals surface area contributed by atoms with Gasteiger partial charge in [-0.2, -0.15) is 0 Å². The molecule has 1 fully saturated rings. The van der Waals surface area contributed by atoms with Gasteiger partial charge in [0.1, 0.15) is 5.82 Å². The molecule has 1 aliphatic carbocycles. The van der Waals surface area contributed by atoms with E-state index in [1.807, 2.05) is 44.2 Å². The van der Waals surface area contributed by atoms with Gasteiger partial charge < -0.3 is 9.87 Å². The molecule has 3 aromatic rings. The van der Waals surface area contributed by atoms with E-state index in [4.69, 9.17) is 0 Å². The lowest BCUT2D eigenvalue weighted by Crippen LogP contribution is -2.13. The van der Waals surface area contributed by atoms with Crippen LogP contribution in [-0.2, 0) is 15.8 Å². The van der Waals surface area contributed by atoms with Gasteiger partial charge in [-0.3, -0.25) is 4.98 Å². The molecule has 28 heavy (non-hydrogen) atoms. The van der Waals surface area contributed by atoms with Crippen molar-refractivity contribution in [3.05, 3.63) is 77.4 Å². The maximum absolute atomic E-state index is 13.2. The van der Waals surface area contributed by atoms with Crippen molar-refractivity contribution in [2.75, 3.05) is 5.32 Å². The molecule has 2 N–H and O–H groups in total. The minimum atomic E-state index is -1.91. The fourth-order valence-electron chi connectivity index (χ4n) is 3.53. The highest BCUT2D eigenvalue weighted by molar-refractivity contribution is 7.80. The molecular weight excluding hydrogens is 375 g/mol. The smallest absolute Gasteiger partial charge is 0.163 e. The third kappa shape index (κ3) is 3.57. The molecule has 0 aliphatic heterocycles. The quantitative estimate of drug-likeness (QED) is 0.562. The molecule has 1 aromatic heterocycles. The van der Waals surface area contributed by atoms with Crippen LogP contribution < -0.4 is 5.32 Å². The lowest BCUT2D eigenvalue weighted by Gasteiger charge is -2.18. The van der Waals surface area contributed by atoms with Gasteiger partial charge in [0.05, 0.1) is 4.75 Å². The van der Waals surface area contributed by atoms with Crippen LogP contribution in [0.1, 0.15) is 29.8 Å². The third-order valence-corrected chi connectivity index (χ3v) is 6.41. The van der Waals surface area contributed by atoms with E-state index >= 15 is 0 Å².